The lowest BCUT2D eigenvalue weighted by molar-refractivity contribution is 0.139. The molecule has 1 rings (SSSR count). The summed E-state index contributed by atoms with van der Waals surface area (Å²) in [5.74, 6) is 0.386. The molecular formula is C17H28FNO. The number of nitrogens with one attached hydrogen (secondary N) is 1. The molecule has 1 aromatic rings. The van der Waals surface area contributed by atoms with Gasteiger partial charge in [0.1, 0.15) is 5.82 Å². The number of ether oxygens (including phenoxy) is 1. The average molecular weight is 281 g/mol. The summed E-state index contributed by atoms with van der Waals surface area (Å²) in [6, 6.07) is 7.10. The fraction of sp³-hybridized carbons (Fsp3) is 0.647. The zero-order valence-corrected chi connectivity index (χ0v) is 12.8. The van der Waals surface area contributed by atoms with Gasteiger partial charge in [0.05, 0.1) is 0 Å². The van der Waals surface area contributed by atoms with E-state index in [1.807, 2.05) is 19.1 Å². The van der Waals surface area contributed by atoms with Crippen molar-refractivity contribution in [3.63, 3.8) is 0 Å². The van der Waals surface area contributed by atoms with E-state index in [0.717, 1.165) is 57.6 Å². The molecule has 20 heavy (non-hydrogen) atoms. The van der Waals surface area contributed by atoms with Crippen molar-refractivity contribution in [3.05, 3.63) is 35.6 Å². The van der Waals surface area contributed by atoms with Crippen molar-refractivity contribution in [1.29, 1.82) is 0 Å². The first-order chi connectivity index (χ1) is 9.77. The molecule has 3 heteroatoms. The highest BCUT2D eigenvalue weighted by molar-refractivity contribution is 5.17. The standard InChI is InChI=1S/C17H28FNO/c1-3-11-19-14-15(8-7-12-20-4-2)13-16-9-5-6-10-17(16)18/h5-6,9-10,15,19H,3-4,7-8,11-14H2,1-2H3. The molecule has 2 nitrogen and oxygen atoms in total. The number of benzene rings is 1. The topological polar surface area (TPSA) is 21.3 Å². The first kappa shape index (κ1) is 17.1. The Morgan fingerprint density at radius 3 is 2.75 bits per heavy atom. The Morgan fingerprint density at radius 2 is 2.05 bits per heavy atom. The summed E-state index contributed by atoms with van der Waals surface area (Å²) in [5.41, 5.74) is 0.826. The van der Waals surface area contributed by atoms with Crippen LogP contribution in [0.5, 0.6) is 0 Å². The third-order valence-electron chi connectivity index (χ3n) is 3.43. The second-order valence-corrected chi connectivity index (χ2v) is 5.20. The fourth-order valence-electron chi connectivity index (χ4n) is 2.35. The van der Waals surface area contributed by atoms with Crippen LogP contribution < -0.4 is 5.32 Å². The smallest absolute Gasteiger partial charge is 0.126 e. The first-order valence-corrected chi connectivity index (χ1v) is 7.79. The molecule has 0 aromatic heterocycles. The molecule has 0 saturated carbocycles. The predicted molar refractivity (Wildman–Crippen MR) is 82.5 cm³/mol. The van der Waals surface area contributed by atoms with Crippen LogP contribution in [-0.2, 0) is 11.2 Å². The van der Waals surface area contributed by atoms with Crippen molar-refractivity contribution in [2.75, 3.05) is 26.3 Å². The van der Waals surface area contributed by atoms with E-state index in [4.69, 9.17) is 4.74 Å². The van der Waals surface area contributed by atoms with Crippen LogP contribution in [0.2, 0.25) is 0 Å². The van der Waals surface area contributed by atoms with Gasteiger partial charge >= 0.3 is 0 Å². The van der Waals surface area contributed by atoms with Gasteiger partial charge in [0.2, 0.25) is 0 Å². The van der Waals surface area contributed by atoms with Crippen LogP contribution in [-0.4, -0.2) is 26.3 Å². The molecule has 0 amide bonds. The summed E-state index contributed by atoms with van der Waals surface area (Å²) in [6.45, 7) is 7.73. The lowest BCUT2D eigenvalue weighted by Gasteiger charge is -2.18. The Kier molecular flexibility index (Phi) is 9.25. The fourth-order valence-corrected chi connectivity index (χ4v) is 2.35. The van der Waals surface area contributed by atoms with Crippen molar-refractivity contribution in [1.82, 2.24) is 5.32 Å². The van der Waals surface area contributed by atoms with E-state index in [0.29, 0.717) is 5.92 Å². The van der Waals surface area contributed by atoms with Gasteiger partial charge in [-0.1, -0.05) is 25.1 Å². The molecule has 0 aliphatic rings. The first-order valence-electron chi connectivity index (χ1n) is 7.79. The second kappa shape index (κ2) is 10.8. The number of rotatable bonds is 11. The second-order valence-electron chi connectivity index (χ2n) is 5.20. The number of hydrogen-bond donors (Lipinski definition) is 1. The molecule has 0 heterocycles. The minimum Gasteiger partial charge on any atom is -0.382 e. The number of hydrogen-bond acceptors (Lipinski definition) is 2. The Hall–Kier alpha value is -0.930. The van der Waals surface area contributed by atoms with E-state index < -0.39 is 0 Å². The monoisotopic (exact) mass is 281 g/mol. The maximum atomic E-state index is 13.7. The maximum absolute atomic E-state index is 13.7. The van der Waals surface area contributed by atoms with E-state index in [1.165, 1.54) is 0 Å². The molecule has 1 atom stereocenters. The molecule has 0 fully saturated rings. The van der Waals surface area contributed by atoms with Gasteiger partial charge < -0.3 is 10.1 Å². The van der Waals surface area contributed by atoms with Crippen LogP contribution in [0.25, 0.3) is 0 Å². The van der Waals surface area contributed by atoms with Gasteiger partial charge in [-0.3, -0.25) is 0 Å². The van der Waals surface area contributed by atoms with Crippen molar-refractivity contribution >= 4 is 0 Å². The van der Waals surface area contributed by atoms with Crippen LogP contribution in [0.3, 0.4) is 0 Å². The molecule has 0 radical (unpaired) electrons. The highest BCUT2D eigenvalue weighted by Gasteiger charge is 2.12. The zero-order valence-electron chi connectivity index (χ0n) is 12.8. The molecule has 1 N–H and O–H groups in total. The molecule has 0 aliphatic carbocycles. The van der Waals surface area contributed by atoms with E-state index >= 15 is 0 Å². The quantitative estimate of drug-likeness (QED) is 0.623. The van der Waals surface area contributed by atoms with E-state index in [9.17, 15) is 4.39 Å². The minimum absolute atomic E-state index is 0.0854. The largest absolute Gasteiger partial charge is 0.382 e. The van der Waals surface area contributed by atoms with Crippen LogP contribution in [0.15, 0.2) is 24.3 Å². The van der Waals surface area contributed by atoms with Crippen LogP contribution in [0.1, 0.15) is 38.7 Å². The molecule has 0 aliphatic heterocycles. The normalized spacial score (nSPS) is 12.6. The Bertz CT molecular complexity index is 357. The minimum atomic E-state index is -0.0854. The van der Waals surface area contributed by atoms with Crippen molar-refractivity contribution < 1.29 is 9.13 Å². The van der Waals surface area contributed by atoms with Gasteiger partial charge in [-0.05, 0) is 63.2 Å². The molecule has 0 spiro atoms. The van der Waals surface area contributed by atoms with Gasteiger partial charge in [0.15, 0.2) is 0 Å². The van der Waals surface area contributed by atoms with E-state index in [1.54, 1.807) is 12.1 Å². The summed E-state index contributed by atoms with van der Waals surface area (Å²) in [7, 11) is 0. The summed E-state index contributed by atoms with van der Waals surface area (Å²) in [5, 5.41) is 3.45. The molecule has 0 saturated heterocycles. The van der Waals surface area contributed by atoms with Gasteiger partial charge in [-0.15, -0.1) is 0 Å². The highest BCUT2D eigenvalue weighted by atomic mass is 19.1. The van der Waals surface area contributed by atoms with Gasteiger partial charge in [0.25, 0.3) is 0 Å². The van der Waals surface area contributed by atoms with E-state index in [2.05, 4.69) is 12.2 Å². The van der Waals surface area contributed by atoms with E-state index in [-0.39, 0.29) is 5.82 Å². The maximum Gasteiger partial charge on any atom is 0.126 e. The Labute approximate surface area is 122 Å². The average Bonchev–Trinajstić information content (AvgIpc) is 2.46. The van der Waals surface area contributed by atoms with Crippen LogP contribution >= 0.6 is 0 Å². The van der Waals surface area contributed by atoms with Crippen molar-refractivity contribution in [2.24, 2.45) is 5.92 Å². The molecule has 1 unspecified atom stereocenters. The third-order valence-corrected chi connectivity index (χ3v) is 3.43. The van der Waals surface area contributed by atoms with Crippen molar-refractivity contribution in [2.45, 2.75) is 39.5 Å². The summed E-state index contributed by atoms with van der Waals surface area (Å²) < 4.78 is 19.1. The third kappa shape index (κ3) is 7.01. The van der Waals surface area contributed by atoms with Gasteiger partial charge in [0, 0.05) is 13.2 Å². The van der Waals surface area contributed by atoms with Crippen LogP contribution in [0.4, 0.5) is 4.39 Å². The molecule has 1 aromatic carbocycles. The Morgan fingerprint density at radius 1 is 1.25 bits per heavy atom. The predicted octanol–water partition coefficient (Wildman–Crippen LogP) is 3.80. The van der Waals surface area contributed by atoms with Crippen LogP contribution in [0, 0.1) is 11.7 Å². The summed E-state index contributed by atoms with van der Waals surface area (Å²) >= 11 is 0. The lowest BCUT2D eigenvalue weighted by atomic mass is 9.94. The Balaban J connectivity index is 2.46. The van der Waals surface area contributed by atoms with Crippen molar-refractivity contribution in [3.8, 4) is 0 Å². The number of halogens is 1. The summed E-state index contributed by atoms with van der Waals surface area (Å²) in [6.07, 6.45) is 4.05. The molecular weight excluding hydrogens is 253 g/mol. The van der Waals surface area contributed by atoms with Gasteiger partial charge in [-0.25, -0.2) is 4.39 Å². The zero-order chi connectivity index (χ0) is 14.6. The SMILES string of the molecule is CCCNCC(CCCOCC)Cc1ccccc1F. The summed E-state index contributed by atoms with van der Waals surface area (Å²) in [4.78, 5) is 0. The van der Waals surface area contributed by atoms with Gasteiger partial charge in [-0.2, -0.15) is 0 Å². The molecule has 114 valence electrons. The lowest BCUT2D eigenvalue weighted by Crippen LogP contribution is -2.25. The molecule has 0 bridgehead atoms. The highest BCUT2D eigenvalue weighted by Crippen LogP contribution is 2.16.